The van der Waals surface area contributed by atoms with Crippen LogP contribution in [0.4, 0.5) is 17.2 Å². The van der Waals surface area contributed by atoms with Crippen LogP contribution in [0.5, 0.6) is 0 Å². The van der Waals surface area contributed by atoms with Gasteiger partial charge in [-0.15, -0.1) is 0 Å². The lowest BCUT2D eigenvalue weighted by molar-refractivity contribution is -0.389. The first kappa shape index (κ1) is 20.6. The monoisotopic (exact) mass is 412 g/mol. The number of benzene rings is 1. The highest BCUT2D eigenvalue weighted by Gasteiger charge is 2.17. The van der Waals surface area contributed by atoms with E-state index in [1.807, 2.05) is 0 Å². The summed E-state index contributed by atoms with van der Waals surface area (Å²) >= 11 is 0. The second-order valence-electron chi connectivity index (χ2n) is 6.51. The number of imidazole rings is 1. The third kappa shape index (κ3) is 5.04. The molecule has 12 nitrogen and oxygen atoms in total. The third-order valence-electron chi connectivity index (χ3n) is 4.38. The molecule has 2 N–H and O–H groups in total. The van der Waals surface area contributed by atoms with Crippen molar-refractivity contribution >= 4 is 29.0 Å². The van der Waals surface area contributed by atoms with Gasteiger partial charge < -0.3 is 25.3 Å². The van der Waals surface area contributed by atoms with E-state index < -0.39 is 11.0 Å². The number of nitro groups is 1. The van der Waals surface area contributed by atoms with Gasteiger partial charge in [0.2, 0.25) is 17.6 Å². The molecule has 2 aromatic heterocycles. The molecule has 1 aromatic carbocycles. The lowest BCUT2D eigenvalue weighted by atomic mass is 10.2. The zero-order valence-electron chi connectivity index (χ0n) is 16.3. The van der Waals surface area contributed by atoms with Crippen LogP contribution in [0.15, 0.2) is 43.1 Å². The average Bonchev–Trinajstić information content (AvgIpc) is 3.37. The zero-order valence-corrected chi connectivity index (χ0v) is 16.3. The molecule has 12 heteroatoms. The van der Waals surface area contributed by atoms with Crippen molar-refractivity contribution in [2.75, 3.05) is 10.6 Å². The van der Waals surface area contributed by atoms with E-state index in [4.69, 9.17) is 0 Å². The predicted molar refractivity (Wildman–Crippen MR) is 107 cm³/mol. The van der Waals surface area contributed by atoms with Crippen LogP contribution in [0.2, 0.25) is 0 Å². The molecule has 3 aromatic rings. The van der Waals surface area contributed by atoms with Crippen molar-refractivity contribution < 1.29 is 14.5 Å². The molecule has 3 rings (SSSR count). The SMILES string of the molecule is Cc1nc([N+](=O)[O-])cn1CCC(=O)Nc1ccc(NC(=O)C(C)n2cncn2)cc1. The molecule has 0 aliphatic rings. The van der Waals surface area contributed by atoms with Gasteiger partial charge in [-0.05, 0) is 41.1 Å². The predicted octanol–water partition coefficient (Wildman–Crippen LogP) is 1.92. The van der Waals surface area contributed by atoms with E-state index in [2.05, 4.69) is 25.7 Å². The van der Waals surface area contributed by atoms with Crippen molar-refractivity contribution in [3.8, 4) is 0 Å². The minimum atomic E-state index is -0.573. The van der Waals surface area contributed by atoms with Gasteiger partial charge in [0.25, 0.3) is 0 Å². The summed E-state index contributed by atoms with van der Waals surface area (Å²) in [4.78, 5) is 42.2. The molecule has 1 unspecified atom stereocenters. The fourth-order valence-corrected chi connectivity index (χ4v) is 2.67. The molecule has 0 aliphatic carbocycles. The maximum Gasteiger partial charge on any atom is 0.381 e. The van der Waals surface area contributed by atoms with E-state index in [0.29, 0.717) is 17.2 Å². The zero-order chi connectivity index (χ0) is 21.7. The molecule has 0 saturated heterocycles. The smallest absolute Gasteiger partial charge is 0.358 e. The van der Waals surface area contributed by atoms with E-state index >= 15 is 0 Å². The molecule has 0 saturated carbocycles. The number of anilines is 2. The van der Waals surface area contributed by atoms with Crippen LogP contribution in [-0.4, -0.2) is 41.1 Å². The Morgan fingerprint density at radius 1 is 1.20 bits per heavy atom. The number of nitrogens with one attached hydrogen (secondary N) is 2. The van der Waals surface area contributed by atoms with Gasteiger partial charge in [0, 0.05) is 31.3 Å². The first-order valence-electron chi connectivity index (χ1n) is 9.06. The maximum absolute atomic E-state index is 12.2. The number of aromatic nitrogens is 5. The fourth-order valence-electron chi connectivity index (χ4n) is 2.67. The minimum absolute atomic E-state index is 0.127. The Morgan fingerprint density at radius 3 is 2.43 bits per heavy atom. The van der Waals surface area contributed by atoms with E-state index in [1.54, 1.807) is 42.7 Å². The van der Waals surface area contributed by atoms with E-state index in [-0.39, 0.29) is 30.6 Å². The number of hydrogen-bond acceptors (Lipinski definition) is 7. The first-order valence-corrected chi connectivity index (χ1v) is 9.06. The number of hydrogen-bond donors (Lipinski definition) is 2. The topological polar surface area (TPSA) is 150 Å². The highest BCUT2D eigenvalue weighted by molar-refractivity contribution is 5.94. The van der Waals surface area contributed by atoms with Crippen LogP contribution < -0.4 is 10.6 Å². The normalized spacial score (nSPS) is 11.7. The fraction of sp³-hybridized carbons (Fsp3) is 0.278. The van der Waals surface area contributed by atoms with Gasteiger partial charge in [0.05, 0.1) is 0 Å². The molecule has 0 spiro atoms. The summed E-state index contributed by atoms with van der Waals surface area (Å²) in [6.07, 6.45) is 4.26. The van der Waals surface area contributed by atoms with Gasteiger partial charge in [0.1, 0.15) is 24.9 Å². The molecule has 0 bridgehead atoms. The molecule has 2 amide bonds. The first-order chi connectivity index (χ1) is 14.3. The summed E-state index contributed by atoms with van der Waals surface area (Å²) in [5.41, 5.74) is 1.14. The Labute approximate surface area is 171 Å². The minimum Gasteiger partial charge on any atom is -0.358 e. The second kappa shape index (κ2) is 8.94. The van der Waals surface area contributed by atoms with Crippen LogP contribution >= 0.6 is 0 Å². The van der Waals surface area contributed by atoms with Crippen molar-refractivity contribution in [3.63, 3.8) is 0 Å². The second-order valence-corrected chi connectivity index (χ2v) is 6.51. The number of aryl methyl sites for hydroxylation is 2. The molecule has 0 aliphatic heterocycles. The number of rotatable bonds is 8. The number of amides is 2. The highest BCUT2D eigenvalue weighted by Crippen LogP contribution is 2.16. The molecule has 0 radical (unpaired) electrons. The summed E-state index contributed by atoms with van der Waals surface area (Å²) in [6.45, 7) is 3.61. The summed E-state index contributed by atoms with van der Waals surface area (Å²) in [7, 11) is 0. The van der Waals surface area contributed by atoms with E-state index in [9.17, 15) is 19.7 Å². The van der Waals surface area contributed by atoms with Crippen LogP contribution in [0, 0.1) is 17.0 Å². The van der Waals surface area contributed by atoms with Crippen molar-refractivity contribution in [2.24, 2.45) is 0 Å². The van der Waals surface area contributed by atoms with Crippen LogP contribution in [0.1, 0.15) is 25.2 Å². The summed E-state index contributed by atoms with van der Waals surface area (Å²) in [5, 5.41) is 20.2. The van der Waals surface area contributed by atoms with Gasteiger partial charge in [-0.25, -0.2) is 9.67 Å². The standard InChI is InChI=1S/C18H20N8O4/c1-12(25-11-19-10-20-25)18(28)23-15-5-3-14(4-6-15)22-17(27)7-8-24-9-16(26(29)30)21-13(24)2/h3-6,9-12H,7-8H2,1-2H3,(H,22,27)(H,23,28). The molecular weight excluding hydrogens is 392 g/mol. The maximum atomic E-state index is 12.2. The van der Waals surface area contributed by atoms with Gasteiger partial charge in [0.15, 0.2) is 0 Å². The van der Waals surface area contributed by atoms with Crippen LogP contribution in [0.25, 0.3) is 0 Å². The number of carbonyl (C=O) groups is 2. The van der Waals surface area contributed by atoms with Gasteiger partial charge >= 0.3 is 5.82 Å². The van der Waals surface area contributed by atoms with Crippen molar-refractivity contribution in [1.29, 1.82) is 0 Å². The lowest BCUT2D eigenvalue weighted by Crippen LogP contribution is -2.24. The molecule has 30 heavy (non-hydrogen) atoms. The lowest BCUT2D eigenvalue weighted by Gasteiger charge is -2.12. The molecule has 1 atom stereocenters. The van der Waals surface area contributed by atoms with Crippen LogP contribution in [-0.2, 0) is 16.1 Å². The van der Waals surface area contributed by atoms with Gasteiger partial charge in [-0.2, -0.15) is 5.10 Å². The highest BCUT2D eigenvalue weighted by atomic mass is 16.6. The quantitative estimate of drug-likeness (QED) is 0.424. The van der Waals surface area contributed by atoms with Gasteiger partial charge in [-0.3, -0.25) is 9.59 Å². The van der Waals surface area contributed by atoms with Crippen LogP contribution in [0.3, 0.4) is 0 Å². The van der Waals surface area contributed by atoms with Gasteiger partial charge in [-0.1, -0.05) is 0 Å². The Bertz CT molecular complexity index is 1040. The molecule has 2 heterocycles. The summed E-state index contributed by atoms with van der Waals surface area (Å²) < 4.78 is 3.01. The largest absolute Gasteiger partial charge is 0.381 e. The molecular formula is C18H20N8O4. The molecule has 156 valence electrons. The Balaban J connectivity index is 1.50. The number of nitrogens with zero attached hydrogens (tertiary/aromatic N) is 6. The summed E-state index contributed by atoms with van der Waals surface area (Å²) in [5.74, 6) is -0.275. The van der Waals surface area contributed by atoms with Crippen molar-refractivity contribution in [1.82, 2.24) is 24.3 Å². The van der Waals surface area contributed by atoms with Crippen molar-refractivity contribution in [2.45, 2.75) is 32.9 Å². The number of carbonyl (C=O) groups excluding carboxylic acids is 2. The Hall–Kier alpha value is -4.09. The summed E-state index contributed by atoms with van der Waals surface area (Å²) in [6, 6.07) is 6.16. The van der Waals surface area contributed by atoms with Crippen molar-refractivity contribution in [3.05, 3.63) is 59.1 Å². The Morgan fingerprint density at radius 2 is 1.87 bits per heavy atom. The van der Waals surface area contributed by atoms with E-state index in [1.165, 1.54) is 23.5 Å². The average molecular weight is 412 g/mol. The van der Waals surface area contributed by atoms with E-state index in [0.717, 1.165) is 0 Å². The third-order valence-corrected chi connectivity index (χ3v) is 4.38. The Kier molecular flexibility index (Phi) is 6.15. The molecule has 0 fully saturated rings.